The van der Waals surface area contributed by atoms with Crippen molar-refractivity contribution in [2.24, 2.45) is 5.73 Å². The lowest BCUT2D eigenvalue weighted by Gasteiger charge is -2.18. The molecule has 3 N–H and O–H groups in total. The van der Waals surface area contributed by atoms with Gasteiger partial charge in [-0.2, -0.15) is 0 Å². The summed E-state index contributed by atoms with van der Waals surface area (Å²) in [7, 11) is 3.24. The maximum atomic E-state index is 10.5. The van der Waals surface area contributed by atoms with Crippen molar-refractivity contribution in [3.05, 3.63) is 23.8 Å². The first-order valence-electron chi connectivity index (χ1n) is 6.39. The first-order chi connectivity index (χ1) is 9.58. The van der Waals surface area contributed by atoms with Crippen LogP contribution in [0.2, 0.25) is 0 Å². The van der Waals surface area contributed by atoms with Crippen LogP contribution in [0.5, 0.6) is 11.5 Å². The lowest BCUT2D eigenvalue weighted by atomic mass is 10.1. The molecule has 1 rings (SSSR count). The molecule has 0 bridgehead atoms. The van der Waals surface area contributed by atoms with E-state index < -0.39 is 5.91 Å². The number of rotatable bonds is 9. The zero-order chi connectivity index (χ0) is 15.0. The lowest BCUT2D eigenvalue weighted by Crippen LogP contribution is -2.26. The fraction of sp³-hybridized carbons (Fsp3) is 0.500. The highest BCUT2D eigenvalue weighted by atomic mass is 16.5. The smallest absolute Gasteiger partial charge is 0.243 e. The molecule has 0 aromatic heterocycles. The van der Waals surface area contributed by atoms with Crippen LogP contribution in [0, 0.1) is 0 Å². The second-order valence-corrected chi connectivity index (χ2v) is 4.30. The van der Waals surface area contributed by atoms with Crippen LogP contribution in [0.3, 0.4) is 0 Å². The van der Waals surface area contributed by atoms with E-state index >= 15 is 0 Å². The van der Waals surface area contributed by atoms with E-state index in [-0.39, 0.29) is 12.6 Å². The number of carbonyl (C=O) groups is 1. The number of hydrogen-bond acceptors (Lipinski definition) is 5. The number of ether oxygens (including phenoxy) is 3. The Hall–Kier alpha value is -1.79. The summed E-state index contributed by atoms with van der Waals surface area (Å²) in [4.78, 5) is 10.5. The molecular weight excluding hydrogens is 260 g/mol. The first-order valence-corrected chi connectivity index (χ1v) is 6.39. The van der Waals surface area contributed by atoms with Crippen molar-refractivity contribution < 1.29 is 19.0 Å². The molecule has 20 heavy (non-hydrogen) atoms. The van der Waals surface area contributed by atoms with Gasteiger partial charge in [-0.3, -0.25) is 4.79 Å². The van der Waals surface area contributed by atoms with Crippen molar-refractivity contribution in [3.8, 4) is 11.5 Å². The quantitative estimate of drug-likeness (QED) is 0.656. The van der Waals surface area contributed by atoms with E-state index in [4.69, 9.17) is 19.9 Å². The summed E-state index contributed by atoms with van der Waals surface area (Å²) in [5.74, 6) is 1.06. The molecule has 0 aliphatic carbocycles. The maximum absolute atomic E-state index is 10.5. The second kappa shape index (κ2) is 8.39. The molecule has 1 atom stereocenters. The van der Waals surface area contributed by atoms with Gasteiger partial charge in [-0.15, -0.1) is 0 Å². The van der Waals surface area contributed by atoms with Crippen LogP contribution < -0.4 is 20.5 Å². The number of benzene rings is 1. The molecule has 0 aliphatic rings. The van der Waals surface area contributed by atoms with Gasteiger partial charge in [0.15, 0.2) is 0 Å². The van der Waals surface area contributed by atoms with Crippen LogP contribution in [0.15, 0.2) is 18.2 Å². The van der Waals surface area contributed by atoms with Crippen molar-refractivity contribution in [1.29, 1.82) is 0 Å². The fourth-order valence-corrected chi connectivity index (χ4v) is 1.81. The Kier molecular flexibility index (Phi) is 6.83. The van der Waals surface area contributed by atoms with Gasteiger partial charge < -0.3 is 25.3 Å². The van der Waals surface area contributed by atoms with Crippen molar-refractivity contribution in [2.75, 3.05) is 34.0 Å². The molecule has 0 heterocycles. The average molecular weight is 282 g/mol. The van der Waals surface area contributed by atoms with E-state index in [1.54, 1.807) is 14.2 Å². The highest BCUT2D eigenvalue weighted by molar-refractivity contribution is 5.74. The lowest BCUT2D eigenvalue weighted by molar-refractivity contribution is -0.122. The molecule has 0 saturated heterocycles. The molecule has 1 aromatic rings. The van der Waals surface area contributed by atoms with Gasteiger partial charge in [0.05, 0.1) is 20.8 Å². The van der Waals surface area contributed by atoms with E-state index in [1.807, 2.05) is 25.1 Å². The number of hydrogen-bond donors (Lipinski definition) is 2. The SMILES string of the molecule is COc1ccc(C(C)NCCOCC(N)=O)c(OC)c1. The summed E-state index contributed by atoms with van der Waals surface area (Å²) in [6.07, 6.45) is 0. The van der Waals surface area contributed by atoms with Crippen LogP contribution in [-0.4, -0.2) is 39.9 Å². The van der Waals surface area contributed by atoms with Crippen molar-refractivity contribution in [2.45, 2.75) is 13.0 Å². The third-order valence-electron chi connectivity index (χ3n) is 2.85. The summed E-state index contributed by atoms with van der Waals surface area (Å²) in [5, 5.41) is 3.29. The molecule has 112 valence electrons. The molecule has 0 radical (unpaired) electrons. The predicted octanol–water partition coefficient (Wildman–Crippen LogP) is 0.856. The zero-order valence-corrected chi connectivity index (χ0v) is 12.1. The third kappa shape index (κ3) is 5.07. The minimum Gasteiger partial charge on any atom is -0.497 e. The van der Waals surface area contributed by atoms with E-state index in [0.717, 1.165) is 17.1 Å². The van der Waals surface area contributed by atoms with Gasteiger partial charge in [0.1, 0.15) is 18.1 Å². The Balaban J connectivity index is 2.50. The fourth-order valence-electron chi connectivity index (χ4n) is 1.81. The molecule has 1 amide bonds. The second-order valence-electron chi connectivity index (χ2n) is 4.30. The summed E-state index contributed by atoms with van der Waals surface area (Å²) >= 11 is 0. The van der Waals surface area contributed by atoms with Crippen LogP contribution in [0.1, 0.15) is 18.5 Å². The molecule has 1 unspecified atom stereocenters. The molecule has 1 aromatic carbocycles. The van der Waals surface area contributed by atoms with Gasteiger partial charge >= 0.3 is 0 Å². The molecule has 0 aliphatic heterocycles. The molecule has 0 saturated carbocycles. The zero-order valence-electron chi connectivity index (χ0n) is 12.1. The van der Waals surface area contributed by atoms with Crippen molar-refractivity contribution >= 4 is 5.91 Å². The van der Waals surface area contributed by atoms with Crippen LogP contribution >= 0.6 is 0 Å². The minimum absolute atomic E-state index is 0.0537. The van der Waals surface area contributed by atoms with Crippen LogP contribution in [0.25, 0.3) is 0 Å². The Bertz CT molecular complexity index is 437. The van der Waals surface area contributed by atoms with Gasteiger partial charge in [-0.1, -0.05) is 6.07 Å². The Morgan fingerprint density at radius 2 is 2.10 bits per heavy atom. The Morgan fingerprint density at radius 1 is 1.35 bits per heavy atom. The summed E-state index contributed by atoms with van der Waals surface area (Å²) in [6, 6.07) is 5.78. The number of nitrogens with two attached hydrogens (primary N) is 1. The molecule has 6 nitrogen and oxygen atoms in total. The molecule has 0 spiro atoms. The van der Waals surface area contributed by atoms with Gasteiger partial charge in [-0.25, -0.2) is 0 Å². The summed E-state index contributed by atoms with van der Waals surface area (Å²) in [5.41, 5.74) is 6.01. The summed E-state index contributed by atoms with van der Waals surface area (Å²) < 4.78 is 15.6. The predicted molar refractivity (Wildman–Crippen MR) is 76.0 cm³/mol. The molecule has 6 heteroatoms. The standard InChI is InChI=1S/C14H22N2O4/c1-10(16-6-7-20-9-14(15)17)12-5-4-11(18-2)8-13(12)19-3/h4-5,8,10,16H,6-7,9H2,1-3H3,(H2,15,17). The highest BCUT2D eigenvalue weighted by Gasteiger charge is 2.11. The van der Waals surface area contributed by atoms with E-state index in [0.29, 0.717) is 13.2 Å². The summed E-state index contributed by atoms with van der Waals surface area (Å²) in [6.45, 7) is 3.01. The van der Waals surface area contributed by atoms with Crippen molar-refractivity contribution in [1.82, 2.24) is 5.32 Å². The minimum atomic E-state index is -0.463. The number of methoxy groups -OCH3 is 2. The van der Waals surface area contributed by atoms with E-state index in [9.17, 15) is 4.79 Å². The monoisotopic (exact) mass is 282 g/mol. The van der Waals surface area contributed by atoms with Crippen LogP contribution in [-0.2, 0) is 9.53 Å². The van der Waals surface area contributed by atoms with Crippen LogP contribution in [0.4, 0.5) is 0 Å². The van der Waals surface area contributed by atoms with Gasteiger partial charge in [0.2, 0.25) is 5.91 Å². The average Bonchev–Trinajstić information content (AvgIpc) is 2.45. The van der Waals surface area contributed by atoms with E-state index in [2.05, 4.69) is 5.32 Å². The molecular formula is C14H22N2O4. The maximum Gasteiger partial charge on any atom is 0.243 e. The number of primary amides is 1. The number of carbonyl (C=O) groups excluding carboxylic acids is 1. The largest absolute Gasteiger partial charge is 0.497 e. The topological polar surface area (TPSA) is 82.8 Å². The number of amides is 1. The van der Waals surface area contributed by atoms with E-state index in [1.165, 1.54) is 0 Å². The molecule has 0 fully saturated rings. The Labute approximate surface area is 119 Å². The van der Waals surface area contributed by atoms with Gasteiger partial charge in [0, 0.05) is 24.2 Å². The van der Waals surface area contributed by atoms with Gasteiger partial charge in [0.25, 0.3) is 0 Å². The van der Waals surface area contributed by atoms with Gasteiger partial charge in [-0.05, 0) is 13.0 Å². The first kappa shape index (κ1) is 16.3. The normalized spacial score (nSPS) is 11.9. The van der Waals surface area contributed by atoms with Crippen molar-refractivity contribution in [3.63, 3.8) is 0 Å². The number of nitrogens with one attached hydrogen (secondary N) is 1. The Morgan fingerprint density at radius 3 is 2.70 bits per heavy atom. The third-order valence-corrected chi connectivity index (χ3v) is 2.85. The highest BCUT2D eigenvalue weighted by Crippen LogP contribution is 2.29.